The molecule has 2 heteroatoms. The quantitative estimate of drug-likeness (QED) is 0.751. The number of hydrogen-bond acceptors (Lipinski definition) is 2. The Morgan fingerprint density at radius 2 is 1.85 bits per heavy atom. The van der Waals surface area contributed by atoms with Crippen LogP contribution in [-0.4, -0.2) is 11.8 Å². The minimum absolute atomic E-state index is 0.456. The van der Waals surface area contributed by atoms with Crippen LogP contribution in [0.1, 0.15) is 64.5 Å². The zero-order valence-corrected chi connectivity index (χ0v) is 14.0. The fourth-order valence-electron chi connectivity index (χ4n) is 3.23. The molecular formula is C18H29NS. The predicted octanol–water partition coefficient (Wildman–Crippen LogP) is 5.42. The lowest BCUT2D eigenvalue weighted by molar-refractivity contribution is 0.361. The third kappa shape index (κ3) is 4.26. The van der Waals surface area contributed by atoms with Crippen molar-refractivity contribution in [2.24, 2.45) is 5.92 Å². The number of nitrogens with one attached hydrogen (secondary N) is 1. The van der Waals surface area contributed by atoms with E-state index in [1.807, 2.05) is 0 Å². The van der Waals surface area contributed by atoms with E-state index in [1.54, 1.807) is 0 Å². The second-order valence-corrected chi connectivity index (χ2v) is 7.27. The maximum absolute atomic E-state index is 3.47. The van der Waals surface area contributed by atoms with Crippen LogP contribution in [0.5, 0.6) is 0 Å². The van der Waals surface area contributed by atoms with E-state index in [-0.39, 0.29) is 0 Å². The van der Waals surface area contributed by atoms with Crippen molar-refractivity contribution in [1.82, 2.24) is 5.32 Å². The third-order valence-electron chi connectivity index (χ3n) is 4.54. The smallest absolute Gasteiger partial charge is 0.0291 e. The largest absolute Gasteiger partial charge is 0.310 e. The van der Waals surface area contributed by atoms with Crippen molar-refractivity contribution in [1.29, 1.82) is 0 Å². The summed E-state index contributed by atoms with van der Waals surface area (Å²) in [5.74, 6) is 0.925. The molecule has 0 amide bonds. The molecule has 3 unspecified atom stereocenters. The van der Waals surface area contributed by atoms with E-state index < -0.39 is 0 Å². The van der Waals surface area contributed by atoms with Crippen LogP contribution >= 0.6 is 11.8 Å². The average Bonchev–Trinajstić information content (AvgIpc) is 2.49. The van der Waals surface area contributed by atoms with Crippen LogP contribution in [0.3, 0.4) is 0 Å². The first-order valence-electron chi connectivity index (χ1n) is 8.24. The SMILES string of the molecule is CCNC(C)c1ccc(SC2CCCCC2CC)cc1. The Morgan fingerprint density at radius 1 is 1.15 bits per heavy atom. The molecule has 0 spiro atoms. The van der Waals surface area contributed by atoms with Gasteiger partial charge in [0.15, 0.2) is 0 Å². The molecule has 1 N–H and O–H groups in total. The van der Waals surface area contributed by atoms with Crippen molar-refractivity contribution in [3.8, 4) is 0 Å². The summed E-state index contributed by atoms with van der Waals surface area (Å²) in [6, 6.07) is 9.67. The lowest BCUT2D eigenvalue weighted by Crippen LogP contribution is -2.21. The van der Waals surface area contributed by atoms with Gasteiger partial charge < -0.3 is 5.32 Å². The Hall–Kier alpha value is -0.470. The fourth-order valence-corrected chi connectivity index (χ4v) is 4.68. The van der Waals surface area contributed by atoms with Gasteiger partial charge in [0.2, 0.25) is 0 Å². The number of hydrogen-bond donors (Lipinski definition) is 1. The Kier molecular flexibility index (Phi) is 6.44. The van der Waals surface area contributed by atoms with Crippen LogP contribution < -0.4 is 5.32 Å². The molecule has 1 aromatic rings. The van der Waals surface area contributed by atoms with Crippen LogP contribution in [0.25, 0.3) is 0 Å². The third-order valence-corrected chi connectivity index (χ3v) is 6.01. The van der Waals surface area contributed by atoms with Gasteiger partial charge in [-0.3, -0.25) is 0 Å². The molecule has 3 atom stereocenters. The van der Waals surface area contributed by atoms with Crippen LogP contribution in [0.2, 0.25) is 0 Å². The molecular weight excluding hydrogens is 262 g/mol. The standard InChI is InChI=1S/C18H29NS/c1-4-15-8-6-7-9-18(15)20-17-12-10-16(11-13-17)14(3)19-5-2/h10-15,18-19H,4-9H2,1-3H3. The number of rotatable bonds is 6. The lowest BCUT2D eigenvalue weighted by Gasteiger charge is -2.30. The van der Waals surface area contributed by atoms with E-state index in [9.17, 15) is 0 Å². The minimum Gasteiger partial charge on any atom is -0.310 e. The summed E-state index contributed by atoms with van der Waals surface area (Å²) in [5.41, 5.74) is 1.40. The van der Waals surface area contributed by atoms with Gasteiger partial charge in [-0.05, 0) is 49.9 Å². The summed E-state index contributed by atoms with van der Waals surface area (Å²) in [7, 11) is 0. The maximum atomic E-state index is 3.47. The van der Waals surface area contributed by atoms with Crippen molar-refractivity contribution in [2.45, 2.75) is 69.1 Å². The molecule has 0 heterocycles. The highest BCUT2D eigenvalue weighted by Gasteiger charge is 2.24. The highest BCUT2D eigenvalue weighted by Crippen LogP contribution is 2.39. The Morgan fingerprint density at radius 3 is 2.50 bits per heavy atom. The molecule has 1 fully saturated rings. The Labute approximate surface area is 128 Å². The minimum atomic E-state index is 0.456. The summed E-state index contributed by atoms with van der Waals surface area (Å²) in [4.78, 5) is 1.45. The highest BCUT2D eigenvalue weighted by molar-refractivity contribution is 8.00. The molecule has 112 valence electrons. The van der Waals surface area contributed by atoms with Crippen molar-refractivity contribution in [2.75, 3.05) is 6.54 Å². The fraction of sp³-hybridized carbons (Fsp3) is 0.667. The summed E-state index contributed by atoms with van der Waals surface area (Å²) in [6.07, 6.45) is 7.04. The molecule has 1 aromatic carbocycles. The van der Waals surface area contributed by atoms with Gasteiger partial charge in [0.25, 0.3) is 0 Å². The van der Waals surface area contributed by atoms with Gasteiger partial charge in [0.05, 0.1) is 0 Å². The molecule has 0 aliphatic heterocycles. The van der Waals surface area contributed by atoms with Crippen LogP contribution in [0.4, 0.5) is 0 Å². The number of benzene rings is 1. The molecule has 2 rings (SSSR count). The van der Waals surface area contributed by atoms with E-state index in [4.69, 9.17) is 0 Å². The second kappa shape index (κ2) is 8.09. The molecule has 0 aromatic heterocycles. The molecule has 20 heavy (non-hydrogen) atoms. The predicted molar refractivity (Wildman–Crippen MR) is 90.4 cm³/mol. The highest BCUT2D eigenvalue weighted by atomic mass is 32.2. The molecule has 1 aliphatic carbocycles. The van der Waals surface area contributed by atoms with Gasteiger partial charge in [0, 0.05) is 16.2 Å². The van der Waals surface area contributed by atoms with Crippen LogP contribution in [0.15, 0.2) is 29.2 Å². The first-order valence-corrected chi connectivity index (χ1v) is 9.12. The van der Waals surface area contributed by atoms with Gasteiger partial charge in [-0.2, -0.15) is 0 Å². The van der Waals surface area contributed by atoms with E-state index >= 15 is 0 Å². The van der Waals surface area contributed by atoms with E-state index in [1.165, 1.54) is 42.6 Å². The monoisotopic (exact) mass is 291 g/mol. The van der Waals surface area contributed by atoms with Crippen molar-refractivity contribution >= 4 is 11.8 Å². The number of thioether (sulfide) groups is 1. The second-order valence-electron chi connectivity index (χ2n) is 5.96. The maximum Gasteiger partial charge on any atom is 0.0291 e. The van der Waals surface area contributed by atoms with E-state index in [0.717, 1.165) is 17.7 Å². The first-order chi connectivity index (χ1) is 9.74. The average molecular weight is 292 g/mol. The molecule has 1 saturated carbocycles. The Bertz CT molecular complexity index is 387. The van der Waals surface area contributed by atoms with Gasteiger partial charge in [-0.1, -0.05) is 45.2 Å². The summed E-state index contributed by atoms with van der Waals surface area (Å²) in [5, 5.41) is 4.31. The van der Waals surface area contributed by atoms with Crippen molar-refractivity contribution < 1.29 is 0 Å². The van der Waals surface area contributed by atoms with Crippen LogP contribution in [-0.2, 0) is 0 Å². The van der Waals surface area contributed by atoms with Crippen molar-refractivity contribution in [3.05, 3.63) is 29.8 Å². The zero-order valence-electron chi connectivity index (χ0n) is 13.2. The molecule has 0 radical (unpaired) electrons. The van der Waals surface area contributed by atoms with E-state index in [0.29, 0.717) is 6.04 Å². The van der Waals surface area contributed by atoms with Gasteiger partial charge in [-0.15, -0.1) is 11.8 Å². The topological polar surface area (TPSA) is 12.0 Å². The molecule has 1 aliphatic rings. The van der Waals surface area contributed by atoms with Crippen molar-refractivity contribution in [3.63, 3.8) is 0 Å². The Balaban J connectivity index is 1.95. The zero-order chi connectivity index (χ0) is 14.4. The molecule has 0 saturated heterocycles. The summed E-state index contributed by atoms with van der Waals surface area (Å²) in [6.45, 7) is 7.78. The van der Waals surface area contributed by atoms with Gasteiger partial charge >= 0.3 is 0 Å². The molecule has 1 nitrogen and oxygen atoms in total. The van der Waals surface area contributed by atoms with Gasteiger partial charge in [-0.25, -0.2) is 0 Å². The van der Waals surface area contributed by atoms with E-state index in [2.05, 4.69) is 62.1 Å². The summed E-state index contributed by atoms with van der Waals surface area (Å²) < 4.78 is 0. The first kappa shape index (κ1) is 15.9. The summed E-state index contributed by atoms with van der Waals surface area (Å²) >= 11 is 2.11. The van der Waals surface area contributed by atoms with Gasteiger partial charge in [0.1, 0.15) is 0 Å². The van der Waals surface area contributed by atoms with Crippen LogP contribution in [0, 0.1) is 5.92 Å². The normalized spacial score (nSPS) is 24.6. The molecule has 0 bridgehead atoms. The lowest BCUT2D eigenvalue weighted by atomic mass is 9.87.